The van der Waals surface area contributed by atoms with E-state index in [1.165, 1.54) is 6.07 Å². The minimum atomic E-state index is -1.16. The molecule has 1 fully saturated rings. The van der Waals surface area contributed by atoms with Crippen molar-refractivity contribution in [1.29, 1.82) is 5.26 Å². The van der Waals surface area contributed by atoms with Gasteiger partial charge in [0.25, 0.3) is 0 Å². The summed E-state index contributed by atoms with van der Waals surface area (Å²) >= 11 is 0. The molecule has 40 heavy (non-hydrogen) atoms. The average molecular weight is 551 g/mol. The lowest BCUT2D eigenvalue weighted by Crippen LogP contribution is -2.59. The highest BCUT2D eigenvalue weighted by atomic mass is 19.1. The van der Waals surface area contributed by atoms with Gasteiger partial charge >= 0.3 is 6.03 Å². The number of nitrogens with zero attached hydrogens (tertiary/aromatic N) is 4. The molecule has 2 atom stereocenters. The van der Waals surface area contributed by atoms with Gasteiger partial charge in [-0.15, -0.1) is 0 Å². The van der Waals surface area contributed by atoms with Gasteiger partial charge in [-0.25, -0.2) is 18.6 Å². The van der Waals surface area contributed by atoms with E-state index in [1.54, 1.807) is 6.92 Å². The maximum Gasteiger partial charge on any atom is 0.363 e. The highest BCUT2D eigenvalue weighted by Gasteiger charge is 2.43. The Morgan fingerprint density at radius 2 is 1.90 bits per heavy atom. The molecular weight excluding hydrogens is 518 g/mol. The number of urea groups is 1. The molecule has 11 heteroatoms. The van der Waals surface area contributed by atoms with Gasteiger partial charge in [0.1, 0.15) is 17.7 Å². The van der Waals surface area contributed by atoms with Crippen LogP contribution in [0.5, 0.6) is 0 Å². The summed E-state index contributed by atoms with van der Waals surface area (Å²) in [5.74, 6) is -1.71. The van der Waals surface area contributed by atoms with E-state index in [-0.39, 0.29) is 18.2 Å². The summed E-state index contributed by atoms with van der Waals surface area (Å²) < 4.78 is 28.7. The Kier molecular flexibility index (Phi) is 9.22. The zero-order valence-electron chi connectivity index (χ0n) is 22.2. The van der Waals surface area contributed by atoms with Crippen LogP contribution in [0.2, 0.25) is 0 Å². The number of nitrogens with one attached hydrogen (secondary N) is 2. The standard InChI is InChI=1S/C29H32F2N6O3/c1-2-25-26(34-18-38)27(23-9-8-21(30)16-24(23)31)37(28(40)35-25)36(19-39)15-14-33-22-10-12-29(17-32,13-11-22)20-6-4-3-5-7-20/h3-9,16,18-19,22,26-27,33H,2,10-15H2,1H3,(H,34,38). The SMILES string of the molecule is CCC1=NC(=O)N(N(C=O)CCNC2CCC(C#N)(c3ccccc3)CC2)C(c2ccc(F)cc2F)C1NC=O. The Hall–Kier alpha value is -4.17. The van der Waals surface area contributed by atoms with E-state index in [9.17, 15) is 28.4 Å². The smallest absolute Gasteiger partial charge is 0.348 e. The summed E-state index contributed by atoms with van der Waals surface area (Å²) in [6.07, 6.45) is 4.05. The molecule has 1 heterocycles. The van der Waals surface area contributed by atoms with Crippen molar-refractivity contribution in [2.24, 2.45) is 4.99 Å². The van der Waals surface area contributed by atoms with E-state index in [1.807, 2.05) is 30.3 Å². The van der Waals surface area contributed by atoms with E-state index in [0.29, 0.717) is 50.4 Å². The Balaban J connectivity index is 1.49. The fourth-order valence-corrected chi connectivity index (χ4v) is 5.70. The van der Waals surface area contributed by atoms with Crippen molar-refractivity contribution in [3.63, 3.8) is 0 Å². The summed E-state index contributed by atoms with van der Waals surface area (Å²) in [5.41, 5.74) is 0.732. The Morgan fingerprint density at radius 3 is 2.50 bits per heavy atom. The van der Waals surface area contributed by atoms with Gasteiger partial charge < -0.3 is 10.6 Å². The van der Waals surface area contributed by atoms with Gasteiger partial charge in [0, 0.05) is 29.9 Å². The zero-order chi connectivity index (χ0) is 28.7. The Labute approximate surface area is 231 Å². The number of aliphatic imine (C=N–C) groups is 1. The largest absolute Gasteiger partial charge is 0.363 e. The zero-order valence-corrected chi connectivity index (χ0v) is 22.2. The van der Waals surface area contributed by atoms with Gasteiger partial charge in [-0.2, -0.15) is 10.3 Å². The molecule has 0 radical (unpaired) electrons. The topological polar surface area (TPSA) is 118 Å². The first-order valence-corrected chi connectivity index (χ1v) is 13.3. The van der Waals surface area contributed by atoms with Crippen molar-refractivity contribution in [3.05, 3.63) is 71.3 Å². The van der Waals surface area contributed by atoms with Crippen LogP contribution in [-0.4, -0.2) is 59.8 Å². The molecule has 4 amide bonds. The molecule has 9 nitrogen and oxygen atoms in total. The third-order valence-electron chi connectivity index (χ3n) is 7.82. The second-order valence-corrected chi connectivity index (χ2v) is 10.0. The van der Waals surface area contributed by atoms with Crippen LogP contribution in [0, 0.1) is 23.0 Å². The van der Waals surface area contributed by atoms with Gasteiger partial charge in [-0.1, -0.05) is 43.3 Å². The van der Waals surface area contributed by atoms with Crippen LogP contribution in [-0.2, 0) is 15.0 Å². The van der Waals surface area contributed by atoms with Crippen LogP contribution in [0.1, 0.15) is 56.2 Å². The van der Waals surface area contributed by atoms with Crippen molar-refractivity contribution >= 4 is 24.6 Å². The number of carbonyl (C=O) groups is 3. The average Bonchev–Trinajstić information content (AvgIpc) is 2.97. The van der Waals surface area contributed by atoms with Crippen LogP contribution in [0.4, 0.5) is 13.6 Å². The summed E-state index contributed by atoms with van der Waals surface area (Å²) in [5, 5.41) is 18.1. The predicted octanol–water partition coefficient (Wildman–Crippen LogP) is 3.77. The molecule has 0 aromatic heterocycles. The number of nitriles is 1. The van der Waals surface area contributed by atoms with Crippen LogP contribution in [0.25, 0.3) is 0 Å². The quantitative estimate of drug-likeness (QED) is 0.413. The number of hydrogen-bond donors (Lipinski definition) is 2. The van der Waals surface area contributed by atoms with Gasteiger partial charge in [-0.05, 0) is 43.7 Å². The Morgan fingerprint density at radius 1 is 1.18 bits per heavy atom. The van der Waals surface area contributed by atoms with Crippen LogP contribution in [0.3, 0.4) is 0 Å². The van der Waals surface area contributed by atoms with Crippen molar-refractivity contribution in [3.8, 4) is 6.07 Å². The first-order chi connectivity index (χ1) is 19.4. The molecule has 4 rings (SSSR count). The van der Waals surface area contributed by atoms with Crippen LogP contribution >= 0.6 is 0 Å². The van der Waals surface area contributed by atoms with Crippen molar-refractivity contribution in [2.75, 3.05) is 13.1 Å². The lowest BCUT2D eigenvalue weighted by Gasteiger charge is -2.44. The molecule has 210 valence electrons. The lowest BCUT2D eigenvalue weighted by molar-refractivity contribution is -0.133. The molecule has 2 aliphatic rings. The normalized spacial score (nSPS) is 24.6. The molecule has 2 N–H and O–H groups in total. The number of halogens is 2. The second kappa shape index (κ2) is 12.8. The summed E-state index contributed by atoms with van der Waals surface area (Å²) in [7, 11) is 0. The third-order valence-corrected chi connectivity index (χ3v) is 7.82. The molecule has 1 aliphatic carbocycles. The van der Waals surface area contributed by atoms with E-state index >= 15 is 0 Å². The van der Waals surface area contributed by atoms with Crippen LogP contribution < -0.4 is 10.6 Å². The molecule has 2 unspecified atom stereocenters. The number of carbonyl (C=O) groups excluding carboxylic acids is 3. The number of rotatable bonds is 11. The lowest BCUT2D eigenvalue weighted by atomic mass is 9.69. The third kappa shape index (κ3) is 5.87. The molecule has 0 saturated heterocycles. The molecule has 1 aliphatic heterocycles. The number of hydrazine groups is 1. The highest BCUT2D eigenvalue weighted by molar-refractivity contribution is 6.02. The van der Waals surface area contributed by atoms with Crippen LogP contribution in [0.15, 0.2) is 53.5 Å². The number of hydrogen-bond acceptors (Lipinski definition) is 5. The van der Waals surface area contributed by atoms with Gasteiger partial charge in [-0.3, -0.25) is 14.6 Å². The highest BCUT2D eigenvalue weighted by Crippen LogP contribution is 2.39. The van der Waals surface area contributed by atoms with E-state index < -0.39 is 35.2 Å². The molecule has 2 aromatic rings. The molecule has 0 spiro atoms. The first kappa shape index (κ1) is 28.8. The first-order valence-electron chi connectivity index (χ1n) is 13.3. The van der Waals surface area contributed by atoms with Gasteiger partial charge in [0.15, 0.2) is 0 Å². The van der Waals surface area contributed by atoms with E-state index in [0.717, 1.165) is 34.5 Å². The van der Waals surface area contributed by atoms with Gasteiger partial charge in [0.2, 0.25) is 12.8 Å². The maximum absolute atomic E-state index is 15.0. The summed E-state index contributed by atoms with van der Waals surface area (Å²) in [4.78, 5) is 40.9. The van der Waals surface area contributed by atoms with E-state index in [2.05, 4.69) is 21.7 Å². The minimum Gasteiger partial charge on any atom is -0.348 e. The Bertz CT molecular complexity index is 1290. The predicted molar refractivity (Wildman–Crippen MR) is 144 cm³/mol. The fraction of sp³-hybridized carbons (Fsp3) is 0.414. The van der Waals surface area contributed by atoms with Gasteiger partial charge in [0.05, 0.1) is 24.1 Å². The summed E-state index contributed by atoms with van der Waals surface area (Å²) in [6, 6.07) is 12.4. The number of benzene rings is 2. The molecule has 2 aromatic carbocycles. The summed E-state index contributed by atoms with van der Waals surface area (Å²) in [6.45, 7) is 2.11. The van der Waals surface area contributed by atoms with Crippen molar-refractivity contribution < 1.29 is 23.2 Å². The molecular formula is C29H32F2N6O3. The minimum absolute atomic E-state index is 0.0535. The number of amides is 4. The molecule has 0 bridgehead atoms. The second-order valence-electron chi connectivity index (χ2n) is 10.0. The van der Waals surface area contributed by atoms with E-state index in [4.69, 9.17) is 0 Å². The maximum atomic E-state index is 15.0. The van der Waals surface area contributed by atoms with Crippen molar-refractivity contribution in [1.82, 2.24) is 20.7 Å². The fourth-order valence-electron chi connectivity index (χ4n) is 5.70. The molecule has 1 saturated carbocycles. The monoisotopic (exact) mass is 550 g/mol. The van der Waals surface area contributed by atoms with Crippen molar-refractivity contribution in [2.45, 2.75) is 62.6 Å².